The third-order valence-corrected chi connectivity index (χ3v) is 4.54. The van der Waals surface area contributed by atoms with E-state index in [0.29, 0.717) is 0 Å². The van der Waals surface area contributed by atoms with Gasteiger partial charge in [0.15, 0.2) is 0 Å². The van der Waals surface area contributed by atoms with Crippen LogP contribution in [-0.2, 0) is 11.3 Å². The molecule has 1 aliphatic rings. The first-order chi connectivity index (χ1) is 11.7. The van der Waals surface area contributed by atoms with Gasteiger partial charge in [-0.1, -0.05) is 60.7 Å². The minimum absolute atomic E-state index is 0. The molecule has 1 aliphatic heterocycles. The molecule has 0 aliphatic carbocycles. The number of hydrogen-bond acceptors (Lipinski definition) is 3. The molecule has 1 amide bonds. The first-order valence-electron chi connectivity index (χ1n) is 8.59. The molecule has 1 heterocycles. The molecule has 3 rings (SSSR count). The monoisotopic (exact) mass is 395 g/mol. The fraction of sp³-hybridized carbons (Fsp3) is 0.350. The van der Waals surface area contributed by atoms with Crippen LogP contribution in [-0.4, -0.2) is 29.9 Å². The van der Waals surface area contributed by atoms with Crippen LogP contribution >= 0.6 is 24.8 Å². The molecule has 142 valence electrons. The summed E-state index contributed by atoms with van der Waals surface area (Å²) < 4.78 is 0. The molecule has 1 fully saturated rings. The molecule has 3 N–H and O–H groups in total. The average Bonchev–Trinajstić information content (AvgIpc) is 2.63. The van der Waals surface area contributed by atoms with Crippen LogP contribution in [0, 0.1) is 0 Å². The van der Waals surface area contributed by atoms with Crippen molar-refractivity contribution < 1.29 is 4.79 Å². The maximum absolute atomic E-state index is 12.4. The van der Waals surface area contributed by atoms with Crippen molar-refractivity contribution in [3.8, 4) is 0 Å². The highest BCUT2D eigenvalue weighted by molar-refractivity contribution is 5.85. The highest BCUT2D eigenvalue weighted by Gasteiger charge is 2.24. The number of amides is 1. The average molecular weight is 396 g/mol. The lowest BCUT2D eigenvalue weighted by Crippen LogP contribution is -2.49. The molecule has 0 spiro atoms. The van der Waals surface area contributed by atoms with Crippen LogP contribution in [0.5, 0.6) is 0 Å². The molecule has 1 saturated heterocycles. The molecule has 6 heteroatoms. The molecule has 2 unspecified atom stereocenters. The largest absolute Gasteiger partial charge is 0.350 e. The fourth-order valence-corrected chi connectivity index (χ4v) is 3.26. The van der Waals surface area contributed by atoms with Crippen LogP contribution in [0.25, 0.3) is 0 Å². The third kappa shape index (κ3) is 6.29. The number of nitrogens with zero attached hydrogens (tertiary/aromatic N) is 1. The van der Waals surface area contributed by atoms with Gasteiger partial charge < -0.3 is 11.1 Å². The standard InChI is InChI=1S/C20H25N3O.2ClH/c21-19(17-10-5-2-6-11-17)20(24)22-18-12-7-13-23(15-18)14-16-8-3-1-4-9-16;;/h1-6,8-11,18-19H,7,12-15,21H2,(H,22,24);2*1H. The van der Waals surface area contributed by atoms with Gasteiger partial charge in [0, 0.05) is 19.1 Å². The number of carbonyl (C=O) groups is 1. The van der Waals surface area contributed by atoms with Crippen molar-refractivity contribution in [1.82, 2.24) is 10.2 Å². The van der Waals surface area contributed by atoms with Gasteiger partial charge in [-0.3, -0.25) is 9.69 Å². The van der Waals surface area contributed by atoms with Crippen LogP contribution < -0.4 is 11.1 Å². The number of carbonyl (C=O) groups excluding carboxylic acids is 1. The lowest BCUT2D eigenvalue weighted by atomic mass is 10.0. The Balaban J connectivity index is 0.00000169. The number of nitrogens with one attached hydrogen (secondary N) is 1. The Morgan fingerprint density at radius 3 is 2.35 bits per heavy atom. The Hall–Kier alpha value is -1.59. The zero-order valence-electron chi connectivity index (χ0n) is 14.7. The van der Waals surface area contributed by atoms with E-state index in [0.717, 1.165) is 38.0 Å². The number of halogens is 2. The molecule has 0 bridgehead atoms. The van der Waals surface area contributed by atoms with Gasteiger partial charge in [-0.15, -0.1) is 24.8 Å². The summed E-state index contributed by atoms with van der Waals surface area (Å²) in [6.45, 7) is 2.88. The van der Waals surface area contributed by atoms with Crippen LogP contribution in [0.4, 0.5) is 0 Å². The Morgan fingerprint density at radius 2 is 1.69 bits per heavy atom. The Kier molecular flexibility index (Phi) is 9.66. The lowest BCUT2D eigenvalue weighted by molar-refractivity contribution is -0.123. The highest BCUT2D eigenvalue weighted by Crippen LogP contribution is 2.15. The SMILES string of the molecule is Cl.Cl.NC(C(=O)NC1CCCN(Cc2ccccc2)C1)c1ccccc1. The molecule has 26 heavy (non-hydrogen) atoms. The van der Waals surface area contributed by atoms with Gasteiger partial charge >= 0.3 is 0 Å². The Bertz CT molecular complexity index is 655. The first kappa shape index (κ1) is 22.5. The van der Waals surface area contributed by atoms with Crippen molar-refractivity contribution in [2.24, 2.45) is 5.73 Å². The van der Waals surface area contributed by atoms with Crippen molar-refractivity contribution in [2.75, 3.05) is 13.1 Å². The number of nitrogens with two attached hydrogens (primary N) is 1. The first-order valence-corrected chi connectivity index (χ1v) is 8.59. The summed E-state index contributed by atoms with van der Waals surface area (Å²) in [6, 6.07) is 19.6. The van der Waals surface area contributed by atoms with Crippen LogP contribution in [0.3, 0.4) is 0 Å². The number of rotatable bonds is 5. The van der Waals surface area contributed by atoms with Gasteiger partial charge in [0.1, 0.15) is 6.04 Å². The van der Waals surface area contributed by atoms with E-state index in [-0.39, 0.29) is 36.8 Å². The summed E-state index contributed by atoms with van der Waals surface area (Å²) in [4.78, 5) is 14.8. The van der Waals surface area contributed by atoms with Gasteiger partial charge in [-0.2, -0.15) is 0 Å². The summed E-state index contributed by atoms with van der Waals surface area (Å²) >= 11 is 0. The van der Waals surface area contributed by atoms with E-state index >= 15 is 0 Å². The maximum Gasteiger partial charge on any atom is 0.241 e. The van der Waals surface area contributed by atoms with Crippen molar-refractivity contribution >= 4 is 30.7 Å². The second-order valence-electron chi connectivity index (χ2n) is 6.46. The lowest BCUT2D eigenvalue weighted by Gasteiger charge is -2.33. The van der Waals surface area contributed by atoms with E-state index < -0.39 is 6.04 Å². The van der Waals surface area contributed by atoms with Crippen LogP contribution in [0.1, 0.15) is 30.0 Å². The summed E-state index contributed by atoms with van der Waals surface area (Å²) in [5.41, 5.74) is 8.25. The predicted molar refractivity (Wildman–Crippen MR) is 111 cm³/mol. The van der Waals surface area contributed by atoms with E-state index in [9.17, 15) is 4.79 Å². The van der Waals surface area contributed by atoms with E-state index in [4.69, 9.17) is 5.73 Å². The van der Waals surface area contributed by atoms with E-state index in [1.54, 1.807) is 0 Å². The topological polar surface area (TPSA) is 58.4 Å². The molecular formula is C20H27Cl2N3O. The zero-order chi connectivity index (χ0) is 16.8. The number of piperidine rings is 1. The minimum atomic E-state index is -0.601. The van der Waals surface area contributed by atoms with Crippen LogP contribution in [0.15, 0.2) is 60.7 Å². The molecule has 0 aromatic heterocycles. The van der Waals surface area contributed by atoms with Crippen molar-refractivity contribution in [1.29, 1.82) is 0 Å². The Labute approximate surface area is 168 Å². The summed E-state index contributed by atoms with van der Waals surface area (Å²) in [6.07, 6.45) is 2.11. The summed E-state index contributed by atoms with van der Waals surface area (Å²) in [7, 11) is 0. The molecular weight excluding hydrogens is 369 g/mol. The number of hydrogen-bond donors (Lipinski definition) is 2. The number of likely N-dealkylation sites (tertiary alicyclic amines) is 1. The molecule has 2 aromatic rings. The highest BCUT2D eigenvalue weighted by atomic mass is 35.5. The maximum atomic E-state index is 12.4. The van der Waals surface area contributed by atoms with Gasteiger partial charge in [0.05, 0.1) is 0 Å². The van der Waals surface area contributed by atoms with Gasteiger partial charge in [-0.05, 0) is 30.5 Å². The van der Waals surface area contributed by atoms with Crippen molar-refractivity contribution in [3.63, 3.8) is 0 Å². The summed E-state index contributed by atoms with van der Waals surface area (Å²) in [5, 5.41) is 3.13. The molecule has 4 nitrogen and oxygen atoms in total. The normalized spacial score (nSPS) is 18.1. The molecule has 2 atom stereocenters. The van der Waals surface area contributed by atoms with Gasteiger partial charge in [-0.25, -0.2) is 0 Å². The third-order valence-electron chi connectivity index (χ3n) is 4.54. The number of benzene rings is 2. The second-order valence-corrected chi connectivity index (χ2v) is 6.46. The molecule has 0 radical (unpaired) electrons. The van der Waals surface area contributed by atoms with Gasteiger partial charge in [0.2, 0.25) is 5.91 Å². The van der Waals surface area contributed by atoms with Crippen molar-refractivity contribution in [3.05, 3.63) is 71.8 Å². The smallest absolute Gasteiger partial charge is 0.241 e. The molecule has 0 saturated carbocycles. The van der Waals surface area contributed by atoms with Crippen LogP contribution in [0.2, 0.25) is 0 Å². The zero-order valence-corrected chi connectivity index (χ0v) is 16.3. The molecule has 2 aromatic carbocycles. The fourth-order valence-electron chi connectivity index (χ4n) is 3.26. The predicted octanol–water partition coefficient (Wildman–Crippen LogP) is 3.31. The Morgan fingerprint density at radius 1 is 1.08 bits per heavy atom. The van der Waals surface area contributed by atoms with Gasteiger partial charge in [0.25, 0.3) is 0 Å². The minimum Gasteiger partial charge on any atom is -0.350 e. The van der Waals surface area contributed by atoms with Crippen molar-refractivity contribution in [2.45, 2.75) is 31.5 Å². The van der Waals surface area contributed by atoms with E-state index in [2.05, 4.69) is 34.5 Å². The quantitative estimate of drug-likeness (QED) is 0.815. The summed E-state index contributed by atoms with van der Waals surface area (Å²) in [5.74, 6) is -0.0900. The van der Waals surface area contributed by atoms with E-state index in [1.165, 1.54) is 5.56 Å². The van der Waals surface area contributed by atoms with E-state index in [1.807, 2.05) is 36.4 Å². The second kappa shape index (κ2) is 11.2.